The molecule has 0 saturated carbocycles. The van der Waals surface area contributed by atoms with Gasteiger partial charge in [0.15, 0.2) is 5.96 Å². The summed E-state index contributed by atoms with van der Waals surface area (Å²) in [6, 6.07) is 0. The van der Waals surface area contributed by atoms with Crippen LogP contribution in [0.2, 0.25) is 0 Å². The van der Waals surface area contributed by atoms with E-state index in [0.717, 1.165) is 32.1 Å². The van der Waals surface area contributed by atoms with E-state index in [0.29, 0.717) is 44.0 Å². The minimum absolute atomic E-state index is 0.0141. The van der Waals surface area contributed by atoms with Crippen LogP contribution in [-0.4, -0.2) is 70.7 Å². The number of rotatable bonds is 13. The summed E-state index contributed by atoms with van der Waals surface area (Å²) in [4.78, 5) is 4.57. The fourth-order valence-corrected chi connectivity index (χ4v) is 4.21. The normalized spacial score (nSPS) is 19.6. The van der Waals surface area contributed by atoms with Crippen molar-refractivity contribution in [2.24, 2.45) is 16.8 Å². The first kappa shape index (κ1) is 25.1. The van der Waals surface area contributed by atoms with Crippen LogP contribution in [0.3, 0.4) is 0 Å². The summed E-state index contributed by atoms with van der Waals surface area (Å²) >= 11 is 0. The van der Waals surface area contributed by atoms with Crippen LogP contribution >= 0.6 is 0 Å². The van der Waals surface area contributed by atoms with Crippen molar-refractivity contribution < 1.29 is 18.3 Å². The Morgan fingerprint density at radius 1 is 1.29 bits per heavy atom. The molecule has 1 fully saturated rings. The number of nitrogens with zero attached hydrogens (tertiary/aromatic N) is 1. The minimum atomic E-state index is -3.36. The lowest BCUT2D eigenvalue weighted by atomic mass is 9.94. The second-order valence-electron chi connectivity index (χ2n) is 7.81. The second-order valence-corrected chi connectivity index (χ2v) is 9.74. The first-order valence-electron chi connectivity index (χ1n) is 10.6. The Labute approximate surface area is 171 Å². The van der Waals surface area contributed by atoms with Gasteiger partial charge in [-0.05, 0) is 50.9 Å². The van der Waals surface area contributed by atoms with Crippen LogP contribution in [0.4, 0.5) is 0 Å². The number of aliphatic hydroxyl groups excluding tert-OH is 1. The van der Waals surface area contributed by atoms with Gasteiger partial charge in [0.25, 0.3) is 0 Å². The molecule has 1 aliphatic rings. The molecule has 0 aromatic heterocycles. The third-order valence-corrected chi connectivity index (χ3v) is 6.01. The van der Waals surface area contributed by atoms with Crippen molar-refractivity contribution in [1.29, 1.82) is 0 Å². The van der Waals surface area contributed by atoms with Crippen LogP contribution in [-0.2, 0) is 14.8 Å². The van der Waals surface area contributed by atoms with Crippen molar-refractivity contribution in [3.05, 3.63) is 0 Å². The summed E-state index contributed by atoms with van der Waals surface area (Å²) in [6.45, 7) is 9.09. The van der Waals surface area contributed by atoms with Crippen molar-refractivity contribution in [3.8, 4) is 0 Å². The molecule has 0 aliphatic carbocycles. The molecule has 4 N–H and O–H groups in total. The van der Waals surface area contributed by atoms with Crippen molar-refractivity contribution in [3.63, 3.8) is 0 Å². The highest BCUT2D eigenvalue weighted by molar-refractivity contribution is 7.89. The third-order valence-electron chi connectivity index (χ3n) is 4.66. The lowest BCUT2D eigenvalue weighted by Crippen LogP contribution is -2.42. The fraction of sp³-hybridized carbons (Fsp3) is 0.947. The summed E-state index contributed by atoms with van der Waals surface area (Å²) in [5.74, 6) is 1.46. The average Bonchev–Trinajstić information content (AvgIpc) is 2.65. The molecule has 0 bridgehead atoms. The van der Waals surface area contributed by atoms with Gasteiger partial charge in [0, 0.05) is 39.4 Å². The summed E-state index contributed by atoms with van der Waals surface area (Å²) in [7, 11) is -3.36. The van der Waals surface area contributed by atoms with E-state index in [2.05, 4.69) is 34.2 Å². The molecule has 9 heteroatoms. The lowest BCUT2D eigenvalue weighted by molar-refractivity contribution is 0.0200. The van der Waals surface area contributed by atoms with E-state index in [1.54, 1.807) is 0 Å². The number of hydrogen-bond donors (Lipinski definition) is 4. The molecule has 0 amide bonds. The maximum Gasteiger partial charge on any atom is 0.213 e. The molecule has 0 aromatic carbocycles. The molecular weight excluding hydrogens is 380 g/mol. The molecule has 166 valence electrons. The van der Waals surface area contributed by atoms with Crippen molar-refractivity contribution >= 4 is 16.0 Å². The zero-order valence-electron chi connectivity index (χ0n) is 17.7. The summed E-state index contributed by atoms with van der Waals surface area (Å²) in [6.07, 6.45) is 4.76. The lowest BCUT2D eigenvalue weighted by Gasteiger charge is -2.22. The van der Waals surface area contributed by atoms with Crippen LogP contribution in [0, 0.1) is 11.8 Å². The average molecular weight is 421 g/mol. The minimum Gasteiger partial charge on any atom is -0.396 e. The second kappa shape index (κ2) is 14.1. The highest BCUT2D eigenvalue weighted by atomic mass is 32.2. The van der Waals surface area contributed by atoms with Crippen LogP contribution < -0.4 is 15.4 Å². The van der Waals surface area contributed by atoms with Gasteiger partial charge in [0.1, 0.15) is 0 Å². The van der Waals surface area contributed by atoms with E-state index in [9.17, 15) is 13.5 Å². The Morgan fingerprint density at radius 3 is 2.68 bits per heavy atom. The largest absolute Gasteiger partial charge is 0.396 e. The van der Waals surface area contributed by atoms with Gasteiger partial charge >= 0.3 is 0 Å². The SMILES string of the molecule is CCNC(=NCC(CCO)CC(C)C)NCCS(=O)(=O)NCC1CCCCO1. The smallest absolute Gasteiger partial charge is 0.213 e. The summed E-state index contributed by atoms with van der Waals surface area (Å²) in [5.41, 5.74) is 0. The molecule has 28 heavy (non-hydrogen) atoms. The van der Waals surface area contributed by atoms with Gasteiger partial charge in [-0.1, -0.05) is 13.8 Å². The van der Waals surface area contributed by atoms with Gasteiger partial charge in [-0.15, -0.1) is 0 Å². The molecule has 0 spiro atoms. The van der Waals surface area contributed by atoms with Gasteiger partial charge in [0.05, 0.1) is 11.9 Å². The molecule has 0 radical (unpaired) electrons. The summed E-state index contributed by atoms with van der Waals surface area (Å²) < 4.78 is 32.6. The highest BCUT2D eigenvalue weighted by Gasteiger charge is 2.17. The Bertz CT molecular complexity index is 534. The number of ether oxygens (including phenoxy) is 1. The molecule has 1 aliphatic heterocycles. The van der Waals surface area contributed by atoms with Crippen molar-refractivity contribution in [2.45, 2.75) is 59.0 Å². The van der Waals surface area contributed by atoms with E-state index in [4.69, 9.17) is 4.74 Å². The van der Waals surface area contributed by atoms with Gasteiger partial charge in [-0.25, -0.2) is 13.1 Å². The Morgan fingerprint density at radius 2 is 2.07 bits per heavy atom. The Kier molecular flexibility index (Phi) is 12.7. The van der Waals surface area contributed by atoms with Gasteiger partial charge in [0.2, 0.25) is 10.0 Å². The molecule has 8 nitrogen and oxygen atoms in total. The van der Waals surface area contributed by atoms with Gasteiger partial charge in [-0.3, -0.25) is 4.99 Å². The number of guanidine groups is 1. The predicted molar refractivity (Wildman–Crippen MR) is 114 cm³/mol. The van der Waals surface area contributed by atoms with E-state index < -0.39 is 10.0 Å². The maximum atomic E-state index is 12.2. The molecule has 1 heterocycles. The third kappa shape index (κ3) is 11.8. The molecule has 2 atom stereocenters. The van der Waals surface area contributed by atoms with Gasteiger partial charge < -0.3 is 20.5 Å². The molecule has 1 rings (SSSR count). The van der Waals surface area contributed by atoms with Crippen LogP contribution in [0.1, 0.15) is 52.9 Å². The van der Waals surface area contributed by atoms with Crippen molar-refractivity contribution in [2.75, 3.05) is 45.1 Å². The number of sulfonamides is 1. The maximum absolute atomic E-state index is 12.2. The van der Waals surface area contributed by atoms with Crippen LogP contribution in [0.25, 0.3) is 0 Å². The molecule has 0 aromatic rings. The predicted octanol–water partition coefficient (Wildman–Crippen LogP) is 1.07. The van der Waals surface area contributed by atoms with Crippen LogP contribution in [0.15, 0.2) is 4.99 Å². The molecule has 2 unspecified atom stereocenters. The first-order valence-corrected chi connectivity index (χ1v) is 12.2. The van der Waals surface area contributed by atoms with Crippen LogP contribution in [0.5, 0.6) is 0 Å². The highest BCUT2D eigenvalue weighted by Crippen LogP contribution is 2.15. The molecule has 1 saturated heterocycles. The quantitative estimate of drug-likeness (QED) is 0.262. The van der Waals surface area contributed by atoms with Crippen molar-refractivity contribution in [1.82, 2.24) is 15.4 Å². The number of aliphatic hydroxyl groups is 1. The van der Waals surface area contributed by atoms with E-state index in [1.165, 1.54) is 0 Å². The number of hydrogen-bond acceptors (Lipinski definition) is 5. The first-order chi connectivity index (χ1) is 13.4. The van der Waals surface area contributed by atoms with Gasteiger partial charge in [-0.2, -0.15) is 0 Å². The summed E-state index contributed by atoms with van der Waals surface area (Å²) in [5, 5.41) is 15.5. The van der Waals surface area contributed by atoms with E-state index in [1.807, 2.05) is 6.92 Å². The Balaban J connectivity index is 2.43. The Hall–Kier alpha value is -0.900. The zero-order valence-corrected chi connectivity index (χ0v) is 18.6. The molecular formula is C19H40N4O4S. The van der Waals surface area contributed by atoms with E-state index >= 15 is 0 Å². The van der Waals surface area contributed by atoms with E-state index in [-0.39, 0.29) is 25.0 Å². The zero-order chi connectivity index (χ0) is 20.8. The number of aliphatic imine (C=N–C) groups is 1. The monoisotopic (exact) mass is 420 g/mol. The number of nitrogens with one attached hydrogen (secondary N) is 3. The topological polar surface area (TPSA) is 112 Å². The standard InChI is InChI=1S/C19H40N4O4S/c1-4-20-19(22-14-17(8-10-24)13-16(2)3)21-9-12-28(25,26)23-15-18-7-5-6-11-27-18/h16-18,23-24H,4-15H2,1-3H3,(H2,20,21,22). The fourth-order valence-electron chi connectivity index (χ4n) is 3.26.